The van der Waals surface area contributed by atoms with Gasteiger partial charge >= 0.3 is 11.9 Å². The Kier molecular flexibility index (Phi) is 5.57. The predicted octanol–water partition coefficient (Wildman–Crippen LogP) is 5.61. The van der Waals surface area contributed by atoms with Gasteiger partial charge in [0.2, 0.25) is 0 Å². The summed E-state index contributed by atoms with van der Waals surface area (Å²) >= 11 is 0. The Balaban J connectivity index is 0.926. The Hall–Kier alpha value is -1.10. The van der Waals surface area contributed by atoms with Gasteiger partial charge in [0.15, 0.2) is 6.79 Å². The van der Waals surface area contributed by atoms with Crippen molar-refractivity contribution < 1.29 is 23.8 Å². The van der Waals surface area contributed by atoms with Crippen molar-refractivity contribution in [3.05, 3.63) is 0 Å². The van der Waals surface area contributed by atoms with Crippen LogP contribution >= 0.6 is 0 Å². The van der Waals surface area contributed by atoms with Crippen LogP contribution < -0.4 is 0 Å². The van der Waals surface area contributed by atoms with Crippen molar-refractivity contribution in [3.8, 4) is 0 Å². The van der Waals surface area contributed by atoms with Crippen molar-refractivity contribution in [3.63, 3.8) is 0 Å². The molecule has 0 N–H and O–H groups in total. The van der Waals surface area contributed by atoms with Gasteiger partial charge in [0, 0.05) is 0 Å². The van der Waals surface area contributed by atoms with Crippen LogP contribution in [0.5, 0.6) is 0 Å². The summed E-state index contributed by atoms with van der Waals surface area (Å²) < 4.78 is 17.8. The molecule has 9 atom stereocenters. The van der Waals surface area contributed by atoms with Crippen LogP contribution in [0.1, 0.15) is 84.5 Å². The summed E-state index contributed by atoms with van der Waals surface area (Å²) in [7, 11) is 0. The topological polar surface area (TPSA) is 61.8 Å². The average Bonchev–Trinajstić information content (AvgIpc) is 3.59. The highest BCUT2D eigenvalue weighted by atomic mass is 16.7. The molecular formula is C30H44O5. The van der Waals surface area contributed by atoms with E-state index >= 15 is 0 Å². The van der Waals surface area contributed by atoms with Gasteiger partial charge in [0.25, 0.3) is 0 Å². The lowest BCUT2D eigenvalue weighted by Gasteiger charge is -2.56. The van der Waals surface area contributed by atoms with Gasteiger partial charge in [0.05, 0.1) is 18.4 Å². The Labute approximate surface area is 210 Å². The quantitative estimate of drug-likeness (QED) is 0.194. The lowest BCUT2D eigenvalue weighted by Crippen LogP contribution is -2.48. The molecule has 0 aromatic rings. The van der Waals surface area contributed by atoms with E-state index in [-0.39, 0.29) is 36.7 Å². The minimum atomic E-state index is -0.0307. The molecule has 0 aliphatic heterocycles. The van der Waals surface area contributed by atoms with Gasteiger partial charge in [-0.2, -0.15) is 0 Å². The van der Waals surface area contributed by atoms with E-state index in [1.165, 1.54) is 51.4 Å². The molecule has 8 aliphatic rings. The van der Waals surface area contributed by atoms with E-state index in [2.05, 4.69) is 0 Å². The minimum Gasteiger partial charge on any atom is -0.462 e. The van der Waals surface area contributed by atoms with E-state index in [0.29, 0.717) is 35.0 Å². The molecule has 9 unspecified atom stereocenters. The van der Waals surface area contributed by atoms with Crippen LogP contribution in [-0.2, 0) is 23.8 Å². The van der Waals surface area contributed by atoms with Crippen LogP contribution in [0.4, 0.5) is 0 Å². The number of ether oxygens (including phenoxy) is 3. The largest absolute Gasteiger partial charge is 0.462 e. The number of fused-ring (bicyclic) bond motifs is 9. The fourth-order valence-electron chi connectivity index (χ4n) is 11.3. The zero-order chi connectivity index (χ0) is 23.9. The number of carbonyl (C=O) groups is 2. The Bertz CT molecular complexity index is 832. The second kappa shape index (κ2) is 8.46. The number of hydrogen-bond acceptors (Lipinski definition) is 5. The van der Waals surface area contributed by atoms with Crippen LogP contribution in [0.2, 0.25) is 0 Å². The fraction of sp³-hybridized carbons (Fsp3) is 0.933. The first-order valence-corrected chi connectivity index (χ1v) is 14.9. The van der Waals surface area contributed by atoms with E-state index in [9.17, 15) is 9.59 Å². The fourth-order valence-corrected chi connectivity index (χ4v) is 11.3. The molecule has 5 nitrogen and oxygen atoms in total. The molecule has 0 amide bonds. The number of rotatable bonds is 8. The van der Waals surface area contributed by atoms with Crippen molar-refractivity contribution in [1.82, 2.24) is 0 Å². The average molecular weight is 485 g/mol. The van der Waals surface area contributed by atoms with E-state index in [1.807, 2.05) is 13.8 Å². The summed E-state index contributed by atoms with van der Waals surface area (Å²) in [5.41, 5.74) is 0.367. The van der Waals surface area contributed by atoms with Gasteiger partial charge < -0.3 is 14.2 Å². The van der Waals surface area contributed by atoms with Gasteiger partial charge in [-0.3, -0.25) is 9.59 Å². The van der Waals surface area contributed by atoms with Crippen molar-refractivity contribution >= 4 is 11.9 Å². The van der Waals surface area contributed by atoms with Crippen molar-refractivity contribution in [2.24, 2.45) is 70.5 Å². The zero-order valence-corrected chi connectivity index (χ0v) is 21.7. The molecule has 0 heterocycles. The Morgan fingerprint density at radius 1 is 0.857 bits per heavy atom. The van der Waals surface area contributed by atoms with Crippen LogP contribution in [-0.4, -0.2) is 31.4 Å². The monoisotopic (exact) mass is 484 g/mol. The molecule has 8 bridgehead atoms. The molecule has 35 heavy (non-hydrogen) atoms. The molecule has 8 aliphatic carbocycles. The molecule has 0 radical (unpaired) electrons. The highest BCUT2D eigenvalue weighted by Crippen LogP contribution is 2.69. The van der Waals surface area contributed by atoms with E-state index in [1.54, 1.807) is 0 Å². The smallest absolute Gasteiger partial charge is 0.311 e. The molecule has 194 valence electrons. The van der Waals surface area contributed by atoms with Crippen molar-refractivity contribution in [2.75, 3.05) is 13.4 Å². The highest BCUT2D eigenvalue weighted by Gasteiger charge is 2.66. The second-order valence-electron chi connectivity index (χ2n) is 14.2. The summed E-state index contributed by atoms with van der Waals surface area (Å²) in [6.07, 6.45) is 13.6. The zero-order valence-electron chi connectivity index (χ0n) is 21.7. The van der Waals surface area contributed by atoms with E-state index in [0.717, 1.165) is 49.5 Å². The summed E-state index contributed by atoms with van der Waals surface area (Å²) in [4.78, 5) is 25.6. The SMILES string of the molecule is CCC(C)C(=O)OC1CC2CC1C1C3CC(CC3C(=O)OCOCC34CC5CC(CC(C5)C3)C4)C21. The lowest BCUT2D eigenvalue weighted by molar-refractivity contribution is -0.175. The molecule has 0 aromatic carbocycles. The van der Waals surface area contributed by atoms with Crippen LogP contribution in [0, 0.1) is 70.5 Å². The third kappa shape index (κ3) is 3.72. The first kappa shape index (κ1) is 23.0. The maximum absolute atomic E-state index is 13.2. The first-order chi connectivity index (χ1) is 16.9. The van der Waals surface area contributed by atoms with E-state index < -0.39 is 0 Å². The maximum Gasteiger partial charge on any atom is 0.311 e. The van der Waals surface area contributed by atoms with Crippen LogP contribution in [0.25, 0.3) is 0 Å². The molecule has 0 spiro atoms. The van der Waals surface area contributed by atoms with Crippen LogP contribution in [0.15, 0.2) is 0 Å². The second-order valence-corrected chi connectivity index (χ2v) is 14.2. The third-order valence-electron chi connectivity index (χ3n) is 12.2. The van der Waals surface area contributed by atoms with Crippen molar-refractivity contribution in [1.29, 1.82) is 0 Å². The molecule has 8 saturated carbocycles. The molecule has 8 fully saturated rings. The lowest BCUT2D eigenvalue weighted by atomic mass is 9.50. The molecule has 5 heteroatoms. The van der Waals surface area contributed by atoms with Gasteiger partial charge in [0.1, 0.15) is 6.10 Å². The number of esters is 2. The minimum absolute atomic E-state index is 0.0221. The summed E-state index contributed by atoms with van der Waals surface area (Å²) in [5.74, 6) is 6.23. The molecule has 8 rings (SSSR count). The summed E-state index contributed by atoms with van der Waals surface area (Å²) in [6.45, 7) is 4.91. The van der Waals surface area contributed by atoms with Crippen LogP contribution in [0.3, 0.4) is 0 Å². The highest BCUT2D eigenvalue weighted by molar-refractivity contribution is 5.74. The Morgan fingerprint density at radius 3 is 2.20 bits per heavy atom. The van der Waals surface area contributed by atoms with Gasteiger partial charge in [-0.15, -0.1) is 0 Å². The van der Waals surface area contributed by atoms with Gasteiger partial charge in [-0.25, -0.2) is 0 Å². The number of hydrogen-bond donors (Lipinski definition) is 0. The normalized spacial score (nSPS) is 51.0. The molecule has 0 saturated heterocycles. The third-order valence-corrected chi connectivity index (χ3v) is 12.2. The van der Waals surface area contributed by atoms with Gasteiger partial charge in [-0.1, -0.05) is 13.8 Å². The van der Waals surface area contributed by atoms with E-state index in [4.69, 9.17) is 14.2 Å². The summed E-state index contributed by atoms with van der Waals surface area (Å²) in [5, 5.41) is 0. The maximum atomic E-state index is 13.2. The molecular weight excluding hydrogens is 440 g/mol. The predicted molar refractivity (Wildman–Crippen MR) is 130 cm³/mol. The summed E-state index contributed by atoms with van der Waals surface area (Å²) in [6, 6.07) is 0. The first-order valence-electron chi connectivity index (χ1n) is 14.9. The van der Waals surface area contributed by atoms with Crippen molar-refractivity contribution in [2.45, 2.75) is 90.6 Å². The Morgan fingerprint density at radius 2 is 1.51 bits per heavy atom. The number of carbonyl (C=O) groups excluding carboxylic acids is 2. The van der Waals surface area contributed by atoms with Gasteiger partial charge in [-0.05, 0) is 129 Å². The molecule has 0 aromatic heterocycles. The standard InChI is InChI=1S/C30H44O5/c1-3-16(2)28(31)35-25-10-21-9-24(25)27-22-7-20(26(21)27)8-23(22)29(32)34-15-33-14-30-11-17-4-18(12-30)6-19(5-17)13-30/h16-27H,3-15H2,1-2H3.